The van der Waals surface area contributed by atoms with E-state index in [1.54, 1.807) is 6.92 Å². The SMILES string of the molecule is CC(N)CC(=O)Nc1ccc(F)cc1I. The Morgan fingerprint density at radius 1 is 1.67 bits per heavy atom. The number of rotatable bonds is 3. The quantitative estimate of drug-likeness (QED) is 0.838. The smallest absolute Gasteiger partial charge is 0.225 e. The number of amides is 1. The van der Waals surface area contributed by atoms with Crippen molar-refractivity contribution in [2.45, 2.75) is 19.4 Å². The number of nitrogens with one attached hydrogen (secondary N) is 1. The molecule has 0 aromatic heterocycles. The van der Waals surface area contributed by atoms with Gasteiger partial charge in [0.15, 0.2) is 0 Å². The second-order valence-electron chi connectivity index (χ2n) is 3.35. The highest BCUT2D eigenvalue weighted by Gasteiger charge is 2.08. The number of nitrogens with two attached hydrogens (primary N) is 1. The Balaban J connectivity index is 2.68. The van der Waals surface area contributed by atoms with Crippen molar-refractivity contribution in [2.75, 3.05) is 5.32 Å². The van der Waals surface area contributed by atoms with Crippen LogP contribution in [-0.4, -0.2) is 11.9 Å². The van der Waals surface area contributed by atoms with E-state index in [9.17, 15) is 9.18 Å². The molecular weight excluding hydrogens is 310 g/mol. The van der Waals surface area contributed by atoms with Crippen molar-refractivity contribution in [3.8, 4) is 0 Å². The molecule has 0 saturated heterocycles. The number of hydrogen-bond acceptors (Lipinski definition) is 2. The summed E-state index contributed by atoms with van der Waals surface area (Å²) in [7, 11) is 0. The number of carbonyl (C=O) groups is 1. The van der Waals surface area contributed by atoms with Crippen molar-refractivity contribution < 1.29 is 9.18 Å². The lowest BCUT2D eigenvalue weighted by atomic mass is 10.2. The van der Waals surface area contributed by atoms with E-state index in [0.717, 1.165) is 0 Å². The Bertz CT molecular complexity index is 368. The van der Waals surface area contributed by atoms with Gasteiger partial charge < -0.3 is 11.1 Å². The molecule has 0 saturated carbocycles. The highest BCUT2D eigenvalue weighted by atomic mass is 127. The largest absolute Gasteiger partial charge is 0.327 e. The topological polar surface area (TPSA) is 55.1 Å². The molecule has 3 N–H and O–H groups in total. The van der Waals surface area contributed by atoms with Crippen LogP contribution in [0.5, 0.6) is 0 Å². The molecule has 0 bridgehead atoms. The molecule has 82 valence electrons. The Labute approximate surface area is 101 Å². The van der Waals surface area contributed by atoms with Gasteiger partial charge in [-0.25, -0.2) is 4.39 Å². The van der Waals surface area contributed by atoms with Crippen molar-refractivity contribution in [3.05, 3.63) is 27.6 Å². The summed E-state index contributed by atoms with van der Waals surface area (Å²) < 4.78 is 13.4. The van der Waals surface area contributed by atoms with E-state index < -0.39 is 0 Å². The first-order valence-electron chi connectivity index (χ1n) is 4.49. The van der Waals surface area contributed by atoms with Gasteiger partial charge >= 0.3 is 0 Å². The van der Waals surface area contributed by atoms with Gasteiger partial charge in [0.25, 0.3) is 0 Å². The summed E-state index contributed by atoms with van der Waals surface area (Å²) >= 11 is 1.97. The number of carbonyl (C=O) groups excluding carboxylic acids is 1. The second kappa shape index (κ2) is 5.41. The third kappa shape index (κ3) is 4.13. The second-order valence-corrected chi connectivity index (χ2v) is 4.52. The first kappa shape index (κ1) is 12.4. The number of benzene rings is 1. The maximum atomic E-state index is 12.8. The molecule has 0 spiro atoms. The minimum atomic E-state index is -0.315. The molecule has 1 aromatic carbocycles. The zero-order valence-electron chi connectivity index (χ0n) is 8.26. The van der Waals surface area contributed by atoms with Crippen LogP contribution in [0.4, 0.5) is 10.1 Å². The first-order chi connectivity index (χ1) is 6.99. The minimum Gasteiger partial charge on any atom is -0.327 e. The highest BCUT2D eigenvalue weighted by molar-refractivity contribution is 14.1. The summed E-state index contributed by atoms with van der Waals surface area (Å²) in [5.41, 5.74) is 6.10. The van der Waals surface area contributed by atoms with Crippen molar-refractivity contribution in [2.24, 2.45) is 5.73 Å². The molecular formula is C10H12FIN2O. The van der Waals surface area contributed by atoms with E-state index in [4.69, 9.17) is 5.73 Å². The summed E-state index contributed by atoms with van der Waals surface area (Å²) in [6.45, 7) is 1.76. The summed E-state index contributed by atoms with van der Waals surface area (Å²) in [6.07, 6.45) is 0.257. The predicted octanol–water partition coefficient (Wildman–Crippen LogP) is 2.11. The fourth-order valence-corrected chi connectivity index (χ4v) is 1.70. The molecule has 1 amide bonds. The van der Waals surface area contributed by atoms with Gasteiger partial charge in [-0.2, -0.15) is 0 Å². The van der Waals surface area contributed by atoms with Crippen LogP contribution in [0.25, 0.3) is 0 Å². The molecule has 1 atom stereocenters. The number of hydrogen-bond donors (Lipinski definition) is 2. The molecule has 0 radical (unpaired) electrons. The van der Waals surface area contributed by atoms with Crippen molar-refractivity contribution >= 4 is 34.2 Å². The predicted molar refractivity (Wildman–Crippen MR) is 66.0 cm³/mol. The third-order valence-electron chi connectivity index (χ3n) is 1.71. The van der Waals surface area contributed by atoms with Gasteiger partial charge in [0.2, 0.25) is 5.91 Å². The van der Waals surface area contributed by atoms with E-state index in [0.29, 0.717) is 9.26 Å². The molecule has 1 aromatic rings. The molecule has 0 heterocycles. The van der Waals surface area contributed by atoms with Gasteiger partial charge in [-0.05, 0) is 47.7 Å². The monoisotopic (exact) mass is 322 g/mol. The third-order valence-corrected chi connectivity index (χ3v) is 2.61. The molecule has 0 aliphatic heterocycles. The van der Waals surface area contributed by atoms with Gasteiger partial charge in [0.1, 0.15) is 5.82 Å². The summed E-state index contributed by atoms with van der Waals surface area (Å²) in [6, 6.07) is 4.03. The van der Waals surface area contributed by atoms with E-state index in [-0.39, 0.29) is 24.2 Å². The average molecular weight is 322 g/mol. The van der Waals surface area contributed by atoms with Crippen LogP contribution in [0, 0.1) is 9.39 Å². The van der Waals surface area contributed by atoms with Crippen LogP contribution in [-0.2, 0) is 4.79 Å². The van der Waals surface area contributed by atoms with Crippen LogP contribution in [0.1, 0.15) is 13.3 Å². The Hall–Kier alpha value is -0.690. The molecule has 15 heavy (non-hydrogen) atoms. The number of anilines is 1. The van der Waals surface area contributed by atoms with E-state index in [1.807, 2.05) is 22.6 Å². The fraction of sp³-hybridized carbons (Fsp3) is 0.300. The van der Waals surface area contributed by atoms with E-state index >= 15 is 0 Å². The van der Waals surface area contributed by atoms with Crippen LogP contribution in [0.2, 0.25) is 0 Å². The van der Waals surface area contributed by atoms with Crippen LogP contribution < -0.4 is 11.1 Å². The Morgan fingerprint density at radius 2 is 2.33 bits per heavy atom. The lowest BCUT2D eigenvalue weighted by Crippen LogP contribution is -2.24. The maximum Gasteiger partial charge on any atom is 0.225 e. The molecule has 0 aliphatic carbocycles. The van der Waals surface area contributed by atoms with Crippen LogP contribution >= 0.6 is 22.6 Å². The van der Waals surface area contributed by atoms with Crippen LogP contribution in [0.3, 0.4) is 0 Å². The zero-order valence-corrected chi connectivity index (χ0v) is 10.4. The summed E-state index contributed by atoms with van der Waals surface area (Å²) in [4.78, 5) is 11.4. The van der Waals surface area contributed by atoms with Gasteiger partial charge in [-0.3, -0.25) is 4.79 Å². The fourth-order valence-electron chi connectivity index (χ4n) is 1.08. The molecule has 0 aliphatic rings. The summed E-state index contributed by atoms with van der Waals surface area (Å²) in [5, 5.41) is 2.68. The number of halogens is 2. The average Bonchev–Trinajstić information content (AvgIpc) is 2.08. The minimum absolute atomic E-state index is 0.158. The lowest BCUT2D eigenvalue weighted by molar-refractivity contribution is -0.116. The normalized spacial score (nSPS) is 12.3. The maximum absolute atomic E-state index is 12.8. The Morgan fingerprint density at radius 3 is 2.87 bits per heavy atom. The first-order valence-corrected chi connectivity index (χ1v) is 5.57. The molecule has 1 rings (SSSR count). The van der Waals surface area contributed by atoms with Crippen molar-refractivity contribution in [3.63, 3.8) is 0 Å². The van der Waals surface area contributed by atoms with Crippen molar-refractivity contribution in [1.29, 1.82) is 0 Å². The molecule has 0 fully saturated rings. The van der Waals surface area contributed by atoms with Gasteiger partial charge in [0, 0.05) is 16.0 Å². The van der Waals surface area contributed by atoms with Gasteiger partial charge in [-0.15, -0.1) is 0 Å². The standard InChI is InChI=1S/C10H12FIN2O/c1-6(13)4-10(15)14-9-3-2-7(11)5-8(9)12/h2-3,5-6H,4,13H2,1H3,(H,14,15). The molecule has 1 unspecified atom stereocenters. The van der Waals surface area contributed by atoms with E-state index in [1.165, 1.54) is 18.2 Å². The van der Waals surface area contributed by atoms with Gasteiger partial charge in [-0.1, -0.05) is 0 Å². The summed E-state index contributed by atoms with van der Waals surface area (Å²) in [5.74, 6) is -0.473. The van der Waals surface area contributed by atoms with Crippen LogP contribution in [0.15, 0.2) is 18.2 Å². The van der Waals surface area contributed by atoms with E-state index in [2.05, 4.69) is 5.32 Å². The highest BCUT2D eigenvalue weighted by Crippen LogP contribution is 2.19. The van der Waals surface area contributed by atoms with Crippen molar-refractivity contribution in [1.82, 2.24) is 0 Å². The molecule has 3 nitrogen and oxygen atoms in total. The zero-order chi connectivity index (χ0) is 11.4. The van der Waals surface area contributed by atoms with Gasteiger partial charge in [0.05, 0.1) is 5.69 Å². The molecule has 5 heteroatoms. The Kier molecular flexibility index (Phi) is 4.46. The lowest BCUT2D eigenvalue weighted by Gasteiger charge is -2.08.